The summed E-state index contributed by atoms with van der Waals surface area (Å²) in [6, 6.07) is 5.10. The number of unbranched alkanes of at least 4 members (excludes halogenated alkanes) is 2. The summed E-state index contributed by atoms with van der Waals surface area (Å²) >= 11 is 0. The van der Waals surface area contributed by atoms with E-state index in [-0.39, 0.29) is 5.91 Å². The van der Waals surface area contributed by atoms with E-state index in [0.717, 1.165) is 25.8 Å². The molecular weight excluding hydrogens is 238 g/mol. The number of carbonyl (C=O) groups excluding carboxylic acids is 1. The second-order valence-electron chi connectivity index (χ2n) is 4.58. The number of carbonyl (C=O) groups is 1. The lowest BCUT2D eigenvalue weighted by Gasteiger charge is -2.21. The van der Waals surface area contributed by atoms with E-state index < -0.39 is 0 Å². The molecule has 0 radical (unpaired) electrons. The molecule has 3 N–H and O–H groups in total. The van der Waals surface area contributed by atoms with Gasteiger partial charge in [-0.1, -0.05) is 19.8 Å². The van der Waals surface area contributed by atoms with E-state index in [2.05, 4.69) is 6.92 Å². The molecule has 1 aromatic carbocycles. The van der Waals surface area contributed by atoms with Gasteiger partial charge in [0.1, 0.15) is 0 Å². The van der Waals surface area contributed by atoms with E-state index >= 15 is 0 Å². The lowest BCUT2D eigenvalue weighted by atomic mass is 10.1. The second kappa shape index (κ2) is 7.56. The molecule has 0 heterocycles. The number of nitrogens with two attached hydrogens (primary N) is 1. The Labute approximate surface area is 115 Å². The maximum Gasteiger partial charge on any atom is 0.253 e. The standard InChI is InChI=1S/C15H23N3O/c1-3-5-6-9-18(4-2)15(19)12-7-8-14(17)13(10-12)11-16/h7-8,10-11,16H,3-6,9,17H2,1-2H3. The van der Waals surface area contributed by atoms with Crippen molar-refractivity contribution in [1.82, 2.24) is 4.90 Å². The third-order valence-electron chi connectivity index (χ3n) is 3.19. The predicted molar refractivity (Wildman–Crippen MR) is 79.8 cm³/mol. The molecule has 4 nitrogen and oxygen atoms in total. The van der Waals surface area contributed by atoms with Gasteiger partial charge in [-0.05, 0) is 31.5 Å². The molecule has 1 amide bonds. The smallest absolute Gasteiger partial charge is 0.253 e. The number of benzene rings is 1. The molecule has 0 saturated heterocycles. The van der Waals surface area contributed by atoms with Crippen LogP contribution in [0.5, 0.6) is 0 Å². The molecule has 104 valence electrons. The maximum atomic E-state index is 12.4. The van der Waals surface area contributed by atoms with E-state index in [1.807, 2.05) is 11.8 Å². The Morgan fingerprint density at radius 3 is 2.68 bits per heavy atom. The number of anilines is 1. The van der Waals surface area contributed by atoms with Crippen molar-refractivity contribution in [3.05, 3.63) is 29.3 Å². The fraction of sp³-hybridized carbons (Fsp3) is 0.467. The van der Waals surface area contributed by atoms with Crippen LogP contribution in [0.1, 0.15) is 49.0 Å². The van der Waals surface area contributed by atoms with E-state index in [1.54, 1.807) is 18.2 Å². The van der Waals surface area contributed by atoms with Crippen molar-refractivity contribution in [2.75, 3.05) is 18.8 Å². The largest absolute Gasteiger partial charge is 0.398 e. The Bertz CT molecular complexity index is 443. The summed E-state index contributed by atoms with van der Waals surface area (Å²) in [5, 5.41) is 7.28. The summed E-state index contributed by atoms with van der Waals surface area (Å²) < 4.78 is 0. The zero-order valence-electron chi connectivity index (χ0n) is 11.8. The fourth-order valence-corrected chi connectivity index (χ4v) is 1.97. The Kier molecular flexibility index (Phi) is 6.06. The summed E-state index contributed by atoms with van der Waals surface area (Å²) in [6.07, 6.45) is 4.49. The van der Waals surface area contributed by atoms with Crippen LogP contribution in [0.4, 0.5) is 5.69 Å². The van der Waals surface area contributed by atoms with Gasteiger partial charge in [0.25, 0.3) is 5.91 Å². The maximum absolute atomic E-state index is 12.4. The molecular formula is C15H23N3O. The number of hydrogen-bond acceptors (Lipinski definition) is 3. The van der Waals surface area contributed by atoms with Gasteiger partial charge in [0, 0.05) is 36.1 Å². The van der Waals surface area contributed by atoms with Crippen LogP contribution in [0, 0.1) is 5.41 Å². The number of nitrogen functional groups attached to an aromatic ring is 1. The van der Waals surface area contributed by atoms with Crippen LogP contribution in [-0.4, -0.2) is 30.1 Å². The third-order valence-corrected chi connectivity index (χ3v) is 3.19. The van der Waals surface area contributed by atoms with Gasteiger partial charge >= 0.3 is 0 Å². The van der Waals surface area contributed by atoms with Crippen LogP contribution in [-0.2, 0) is 0 Å². The van der Waals surface area contributed by atoms with Gasteiger partial charge in [0.2, 0.25) is 0 Å². The fourth-order valence-electron chi connectivity index (χ4n) is 1.97. The molecule has 0 aliphatic rings. The van der Waals surface area contributed by atoms with Gasteiger partial charge in [-0.2, -0.15) is 0 Å². The Hall–Kier alpha value is -1.84. The first-order valence-corrected chi connectivity index (χ1v) is 6.83. The van der Waals surface area contributed by atoms with Crippen LogP contribution in [0.3, 0.4) is 0 Å². The van der Waals surface area contributed by atoms with Crippen LogP contribution >= 0.6 is 0 Å². The highest BCUT2D eigenvalue weighted by Gasteiger charge is 2.14. The van der Waals surface area contributed by atoms with Gasteiger partial charge in [-0.15, -0.1) is 0 Å². The van der Waals surface area contributed by atoms with Gasteiger partial charge < -0.3 is 16.0 Å². The van der Waals surface area contributed by atoms with Crippen molar-refractivity contribution in [3.8, 4) is 0 Å². The molecule has 19 heavy (non-hydrogen) atoms. The molecule has 0 aliphatic carbocycles. The van der Waals surface area contributed by atoms with Crippen molar-refractivity contribution in [1.29, 1.82) is 5.41 Å². The Morgan fingerprint density at radius 1 is 1.37 bits per heavy atom. The minimum absolute atomic E-state index is 0.0155. The van der Waals surface area contributed by atoms with Gasteiger partial charge in [-0.3, -0.25) is 4.79 Å². The quantitative estimate of drug-likeness (QED) is 0.450. The Morgan fingerprint density at radius 2 is 2.11 bits per heavy atom. The first kappa shape index (κ1) is 15.2. The summed E-state index contributed by atoms with van der Waals surface area (Å²) in [6.45, 7) is 5.62. The van der Waals surface area contributed by atoms with Crippen LogP contribution in [0.2, 0.25) is 0 Å². The van der Waals surface area contributed by atoms with Gasteiger partial charge in [0.15, 0.2) is 0 Å². The summed E-state index contributed by atoms with van der Waals surface area (Å²) in [4.78, 5) is 14.2. The Balaban J connectivity index is 2.82. The predicted octanol–water partition coefficient (Wildman–Crippen LogP) is 2.92. The number of nitrogens with one attached hydrogen (secondary N) is 1. The summed E-state index contributed by atoms with van der Waals surface area (Å²) in [7, 11) is 0. The molecule has 1 aromatic rings. The van der Waals surface area contributed by atoms with Crippen molar-refractivity contribution >= 4 is 17.8 Å². The SMILES string of the molecule is CCCCCN(CC)C(=O)c1ccc(N)c(C=N)c1. The zero-order chi connectivity index (χ0) is 14.3. The topological polar surface area (TPSA) is 70.2 Å². The van der Waals surface area contributed by atoms with E-state index in [1.165, 1.54) is 6.21 Å². The summed E-state index contributed by atoms with van der Waals surface area (Å²) in [5.41, 5.74) is 7.45. The van der Waals surface area contributed by atoms with Crippen molar-refractivity contribution < 1.29 is 4.79 Å². The molecule has 4 heteroatoms. The monoisotopic (exact) mass is 261 g/mol. The van der Waals surface area contributed by atoms with Crippen LogP contribution in [0.15, 0.2) is 18.2 Å². The molecule has 0 unspecified atom stereocenters. The lowest BCUT2D eigenvalue weighted by molar-refractivity contribution is 0.0761. The highest BCUT2D eigenvalue weighted by molar-refractivity contribution is 5.97. The molecule has 0 aromatic heterocycles. The van der Waals surface area contributed by atoms with E-state index in [9.17, 15) is 4.79 Å². The molecule has 0 saturated carbocycles. The highest BCUT2D eigenvalue weighted by atomic mass is 16.2. The van der Waals surface area contributed by atoms with Gasteiger partial charge in [-0.25, -0.2) is 0 Å². The number of hydrogen-bond donors (Lipinski definition) is 2. The zero-order valence-corrected chi connectivity index (χ0v) is 11.8. The average Bonchev–Trinajstić information content (AvgIpc) is 2.43. The van der Waals surface area contributed by atoms with Crippen LogP contribution in [0.25, 0.3) is 0 Å². The molecule has 0 fully saturated rings. The lowest BCUT2D eigenvalue weighted by Crippen LogP contribution is -2.31. The third kappa shape index (κ3) is 4.09. The summed E-state index contributed by atoms with van der Waals surface area (Å²) in [5.74, 6) is 0.0155. The second-order valence-corrected chi connectivity index (χ2v) is 4.58. The minimum atomic E-state index is 0.0155. The van der Waals surface area contributed by atoms with Crippen molar-refractivity contribution in [2.24, 2.45) is 0 Å². The highest BCUT2D eigenvalue weighted by Crippen LogP contribution is 2.14. The van der Waals surface area contributed by atoms with E-state index in [0.29, 0.717) is 23.4 Å². The molecule has 1 rings (SSSR count). The van der Waals surface area contributed by atoms with Crippen molar-refractivity contribution in [2.45, 2.75) is 33.1 Å². The molecule has 0 atom stereocenters. The normalized spacial score (nSPS) is 10.2. The first-order chi connectivity index (χ1) is 9.13. The molecule has 0 aliphatic heterocycles. The molecule has 0 bridgehead atoms. The average molecular weight is 261 g/mol. The first-order valence-electron chi connectivity index (χ1n) is 6.83. The number of nitrogens with zero attached hydrogens (tertiary/aromatic N) is 1. The number of rotatable bonds is 7. The minimum Gasteiger partial charge on any atom is -0.398 e. The van der Waals surface area contributed by atoms with Crippen LogP contribution < -0.4 is 5.73 Å². The number of amides is 1. The molecule has 0 spiro atoms. The van der Waals surface area contributed by atoms with E-state index in [4.69, 9.17) is 11.1 Å². The van der Waals surface area contributed by atoms with Gasteiger partial charge in [0.05, 0.1) is 0 Å². The van der Waals surface area contributed by atoms with Crippen molar-refractivity contribution in [3.63, 3.8) is 0 Å².